The first-order valence-electron chi connectivity index (χ1n) is 8.48. The average molecular weight is 325 g/mol. The highest BCUT2D eigenvalue weighted by Crippen LogP contribution is 2.29. The molecule has 122 valence electrons. The molecule has 25 heavy (non-hydrogen) atoms. The van der Waals surface area contributed by atoms with E-state index in [2.05, 4.69) is 71.3 Å². The molecule has 4 rings (SSSR count). The Balaban J connectivity index is 1.80. The van der Waals surface area contributed by atoms with Crippen LogP contribution in [0.3, 0.4) is 0 Å². The van der Waals surface area contributed by atoms with E-state index < -0.39 is 0 Å². The molecule has 0 bridgehead atoms. The molecule has 2 aromatic heterocycles. The molecule has 0 aliphatic carbocycles. The number of rotatable bonds is 3. The van der Waals surface area contributed by atoms with Crippen molar-refractivity contribution in [3.8, 4) is 22.4 Å². The summed E-state index contributed by atoms with van der Waals surface area (Å²) < 4.78 is 0. The van der Waals surface area contributed by atoms with E-state index in [9.17, 15) is 0 Å². The second-order valence-electron chi connectivity index (χ2n) is 6.47. The summed E-state index contributed by atoms with van der Waals surface area (Å²) in [6.45, 7) is 4.41. The van der Waals surface area contributed by atoms with Crippen LogP contribution in [0.5, 0.6) is 0 Å². The summed E-state index contributed by atoms with van der Waals surface area (Å²) in [6, 6.07) is 19.0. The zero-order chi connectivity index (χ0) is 17.2. The van der Waals surface area contributed by atoms with Crippen LogP contribution in [-0.4, -0.2) is 15.0 Å². The van der Waals surface area contributed by atoms with Gasteiger partial charge in [0.1, 0.15) is 6.33 Å². The minimum Gasteiger partial charge on any atom is -0.265 e. The highest BCUT2D eigenvalue weighted by Gasteiger charge is 2.08. The summed E-state index contributed by atoms with van der Waals surface area (Å²) in [4.78, 5) is 13.1. The van der Waals surface area contributed by atoms with Gasteiger partial charge in [-0.25, -0.2) is 9.97 Å². The Hall–Kier alpha value is -3.07. The molecule has 3 heteroatoms. The van der Waals surface area contributed by atoms with E-state index >= 15 is 0 Å². The minimum absolute atomic E-state index is 0.527. The van der Waals surface area contributed by atoms with Gasteiger partial charge in [0, 0.05) is 23.3 Å². The summed E-state index contributed by atoms with van der Waals surface area (Å²) in [5.41, 5.74) is 6.65. The van der Waals surface area contributed by atoms with E-state index in [0.717, 1.165) is 33.3 Å². The molecular formula is C22H19N3. The van der Waals surface area contributed by atoms with Crippen molar-refractivity contribution in [1.82, 2.24) is 15.0 Å². The van der Waals surface area contributed by atoms with Crippen molar-refractivity contribution in [2.45, 2.75) is 19.8 Å². The van der Waals surface area contributed by atoms with Crippen molar-refractivity contribution < 1.29 is 0 Å². The van der Waals surface area contributed by atoms with Crippen LogP contribution < -0.4 is 0 Å². The van der Waals surface area contributed by atoms with Crippen LogP contribution in [0.2, 0.25) is 0 Å². The fourth-order valence-corrected chi connectivity index (χ4v) is 3.04. The third-order valence-electron chi connectivity index (χ3n) is 4.50. The number of aromatic nitrogens is 3. The molecule has 0 aliphatic heterocycles. The van der Waals surface area contributed by atoms with E-state index in [4.69, 9.17) is 0 Å². The van der Waals surface area contributed by atoms with Gasteiger partial charge in [-0.1, -0.05) is 44.2 Å². The number of nitrogens with zero attached hydrogens (tertiary/aromatic N) is 3. The Morgan fingerprint density at radius 1 is 0.720 bits per heavy atom. The van der Waals surface area contributed by atoms with Gasteiger partial charge in [0.15, 0.2) is 0 Å². The average Bonchev–Trinajstić information content (AvgIpc) is 2.68. The predicted octanol–water partition coefficient (Wildman–Crippen LogP) is 5.48. The highest BCUT2D eigenvalue weighted by atomic mass is 14.8. The molecule has 0 spiro atoms. The van der Waals surface area contributed by atoms with E-state index in [0.29, 0.717) is 5.92 Å². The van der Waals surface area contributed by atoms with Gasteiger partial charge in [0.25, 0.3) is 0 Å². The van der Waals surface area contributed by atoms with Crippen molar-refractivity contribution in [2.75, 3.05) is 0 Å². The first-order chi connectivity index (χ1) is 12.2. The lowest BCUT2D eigenvalue weighted by molar-refractivity contribution is 0.867. The molecular weight excluding hydrogens is 306 g/mol. The Labute approximate surface area is 147 Å². The number of pyridine rings is 1. The minimum atomic E-state index is 0.527. The van der Waals surface area contributed by atoms with Gasteiger partial charge in [0.2, 0.25) is 0 Å². The van der Waals surface area contributed by atoms with Crippen molar-refractivity contribution in [1.29, 1.82) is 0 Å². The van der Waals surface area contributed by atoms with Gasteiger partial charge in [0.05, 0.1) is 11.2 Å². The molecule has 4 aromatic rings. The Bertz CT molecular complexity index is 1010. The number of fused-ring (bicyclic) bond motifs is 1. The van der Waals surface area contributed by atoms with Crippen LogP contribution in [0.4, 0.5) is 0 Å². The first kappa shape index (κ1) is 15.5. The van der Waals surface area contributed by atoms with Gasteiger partial charge in [-0.3, -0.25) is 4.98 Å². The van der Waals surface area contributed by atoms with Crippen LogP contribution in [0.25, 0.3) is 33.3 Å². The number of hydrogen-bond acceptors (Lipinski definition) is 3. The molecule has 0 radical (unpaired) electrons. The molecule has 2 heterocycles. The van der Waals surface area contributed by atoms with Gasteiger partial charge in [-0.15, -0.1) is 0 Å². The molecule has 2 aromatic carbocycles. The second kappa shape index (κ2) is 6.44. The Morgan fingerprint density at radius 3 is 2.16 bits per heavy atom. The zero-order valence-corrected chi connectivity index (χ0v) is 14.3. The van der Waals surface area contributed by atoms with Gasteiger partial charge in [-0.05, 0) is 46.9 Å². The fourth-order valence-electron chi connectivity index (χ4n) is 3.04. The first-order valence-corrected chi connectivity index (χ1v) is 8.48. The fraction of sp³-hybridized carbons (Fsp3) is 0.136. The normalized spacial score (nSPS) is 11.2. The maximum atomic E-state index is 4.53. The second-order valence-corrected chi connectivity index (χ2v) is 6.47. The lowest BCUT2D eigenvalue weighted by Crippen LogP contribution is -1.91. The highest BCUT2D eigenvalue weighted by molar-refractivity contribution is 5.94. The summed E-state index contributed by atoms with van der Waals surface area (Å²) in [6.07, 6.45) is 5.26. The van der Waals surface area contributed by atoms with E-state index in [1.807, 2.05) is 12.1 Å². The van der Waals surface area contributed by atoms with Crippen LogP contribution in [0.15, 0.2) is 73.3 Å². The van der Waals surface area contributed by atoms with Crippen molar-refractivity contribution in [3.63, 3.8) is 0 Å². The third kappa shape index (κ3) is 3.01. The van der Waals surface area contributed by atoms with Crippen LogP contribution in [0.1, 0.15) is 25.3 Å². The van der Waals surface area contributed by atoms with Crippen molar-refractivity contribution in [3.05, 3.63) is 78.9 Å². The molecule has 0 amide bonds. The SMILES string of the molecule is CC(C)c1ccc(-c2ncnc3cc(-c4ccncc4)ccc23)cc1. The summed E-state index contributed by atoms with van der Waals surface area (Å²) in [5.74, 6) is 0.527. The predicted molar refractivity (Wildman–Crippen MR) is 102 cm³/mol. The summed E-state index contributed by atoms with van der Waals surface area (Å²) in [7, 11) is 0. The van der Waals surface area contributed by atoms with Crippen LogP contribution in [-0.2, 0) is 0 Å². The van der Waals surface area contributed by atoms with Gasteiger partial charge in [-0.2, -0.15) is 0 Å². The Kier molecular flexibility index (Phi) is 3.98. The van der Waals surface area contributed by atoms with Gasteiger partial charge >= 0.3 is 0 Å². The lowest BCUT2D eigenvalue weighted by Gasteiger charge is -2.09. The number of benzene rings is 2. The molecule has 3 nitrogen and oxygen atoms in total. The summed E-state index contributed by atoms with van der Waals surface area (Å²) in [5, 5.41) is 1.07. The van der Waals surface area contributed by atoms with Crippen LogP contribution in [0, 0.1) is 0 Å². The van der Waals surface area contributed by atoms with Gasteiger partial charge < -0.3 is 0 Å². The van der Waals surface area contributed by atoms with Crippen molar-refractivity contribution in [2.24, 2.45) is 0 Å². The molecule has 0 N–H and O–H groups in total. The molecule has 0 atom stereocenters. The van der Waals surface area contributed by atoms with E-state index in [1.165, 1.54) is 5.56 Å². The number of hydrogen-bond donors (Lipinski definition) is 0. The molecule has 0 unspecified atom stereocenters. The van der Waals surface area contributed by atoms with E-state index in [-0.39, 0.29) is 0 Å². The third-order valence-corrected chi connectivity index (χ3v) is 4.50. The molecule has 0 saturated heterocycles. The standard InChI is InChI=1S/C22H19N3/c1-15(2)16-3-5-18(6-4-16)22-20-8-7-19(13-21(20)24-14-25-22)17-9-11-23-12-10-17/h3-15H,1-2H3. The monoisotopic (exact) mass is 325 g/mol. The smallest absolute Gasteiger partial charge is 0.116 e. The van der Waals surface area contributed by atoms with Crippen molar-refractivity contribution >= 4 is 10.9 Å². The zero-order valence-electron chi connectivity index (χ0n) is 14.3. The summed E-state index contributed by atoms with van der Waals surface area (Å²) >= 11 is 0. The van der Waals surface area contributed by atoms with Crippen LogP contribution >= 0.6 is 0 Å². The lowest BCUT2D eigenvalue weighted by atomic mass is 9.98. The Morgan fingerprint density at radius 2 is 1.44 bits per heavy atom. The molecule has 0 saturated carbocycles. The largest absolute Gasteiger partial charge is 0.265 e. The quantitative estimate of drug-likeness (QED) is 0.500. The molecule has 0 fully saturated rings. The molecule has 0 aliphatic rings. The maximum absolute atomic E-state index is 4.53. The topological polar surface area (TPSA) is 38.7 Å². The van der Waals surface area contributed by atoms with E-state index in [1.54, 1.807) is 18.7 Å². The maximum Gasteiger partial charge on any atom is 0.116 e.